The molecule has 1 heterocycles. The van der Waals surface area contributed by atoms with Gasteiger partial charge in [0.05, 0.1) is 17.3 Å². The number of aromatic amines is 1. The molecule has 0 aliphatic rings. The Kier molecular flexibility index (Phi) is 4.09. The Morgan fingerprint density at radius 2 is 2.43 bits per heavy atom. The van der Waals surface area contributed by atoms with Gasteiger partial charge in [-0.1, -0.05) is 0 Å². The van der Waals surface area contributed by atoms with Crippen LogP contribution >= 0.6 is 15.9 Å². The molecule has 0 unspecified atom stereocenters. The Labute approximate surface area is 90.3 Å². The van der Waals surface area contributed by atoms with E-state index in [4.69, 9.17) is 0 Å². The first-order valence-corrected chi connectivity index (χ1v) is 4.95. The molecule has 0 spiro atoms. The van der Waals surface area contributed by atoms with Crippen LogP contribution in [0, 0.1) is 0 Å². The maximum atomic E-state index is 11.2. The molecule has 5 nitrogen and oxygen atoms in total. The summed E-state index contributed by atoms with van der Waals surface area (Å²) in [5.41, 5.74) is 1.18. The van der Waals surface area contributed by atoms with Crippen LogP contribution in [0.3, 0.4) is 0 Å². The maximum Gasteiger partial charge on any atom is 0.359 e. The molecule has 0 aromatic carbocycles. The Morgan fingerprint density at radius 3 is 3.00 bits per heavy atom. The zero-order chi connectivity index (χ0) is 10.6. The molecule has 6 heteroatoms. The second kappa shape index (κ2) is 5.11. The molecule has 0 radical (unpaired) electrons. The van der Waals surface area contributed by atoms with E-state index in [-0.39, 0.29) is 0 Å². The summed E-state index contributed by atoms with van der Waals surface area (Å²) in [6.45, 7) is 0.821. The molecule has 0 atom stereocenters. The van der Waals surface area contributed by atoms with Crippen molar-refractivity contribution >= 4 is 21.9 Å². The number of esters is 1. The Morgan fingerprint density at radius 1 is 1.71 bits per heavy atom. The number of H-pyrrole nitrogens is 1. The standard InChI is InChI=1S/C8H12BrN3O2/c1-10-4-3-5-6(9)7(12-11-5)8(13)14-2/h10H,3-4H2,1-2H3,(H,11,12). The number of carbonyl (C=O) groups excluding carboxylic acids is 1. The van der Waals surface area contributed by atoms with Gasteiger partial charge in [0.2, 0.25) is 0 Å². The molecule has 0 saturated heterocycles. The summed E-state index contributed by atoms with van der Waals surface area (Å²) in [5, 5.41) is 9.66. The number of methoxy groups -OCH3 is 1. The third-order valence-electron chi connectivity index (χ3n) is 1.78. The van der Waals surface area contributed by atoms with Crippen LogP contribution in [0.15, 0.2) is 4.47 Å². The minimum Gasteiger partial charge on any atom is -0.464 e. The molecule has 78 valence electrons. The van der Waals surface area contributed by atoms with E-state index in [1.54, 1.807) is 0 Å². The fourth-order valence-corrected chi connectivity index (χ4v) is 1.55. The second-order valence-corrected chi connectivity index (χ2v) is 3.50. The highest BCUT2D eigenvalue weighted by Gasteiger charge is 2.17. The van der Waals surface area contributed by atoms with Crippen molar-refractivity contribution in [3.05, 3.63) is 15.9 Å². The predicted octanol–water partition coefficient (Wildman–Crippen LogP) is 0.721. The fourth-order valence-electron chi connectivity index (χ4n) is 1.01. The van der Waals surface area contributed by atoms with Crippen molar-refractivity contribution in [3.63, 3.8) is 0 Å². The molecule has 0 bridgehead atoms. The lowest BCUT2D eigenvalue weighted by Gasteiger charge is -1.97. The van der Waals surface area contributed by atoms with E-state index in [2.05, 4.69) is 36.2 Å². The van der Waals surface area contributed by atoms with Gasteiger partial charge in [-0.05, 0) is 23.0 Å². The van der Waals surface area contributed by atoms with Crippen molar-refractivity contribution in [2.24, 2.45) is 0 Å². The van der Waals surface area contributed by atoms with E-state index in [1.165, 1.54) is 7.11 Å². The average molecular weight is 262 g/mol. The lowest BCUT2D eigenvalue weighted by atomic mass is 10.3. The van der Waals surface area contributed by atoms with Crippen LogP contribution in [0.2, 0.25) is 0 Å². The normalized spacial score (nSPS) is 10.2. The van der Waals surface area contributed by atoms with Crippen molar-refractivity contribution in [2.75, 3.05) is 20.7 Å². The highest BCUT2D eigenvalue weighted by molar-refractivity contribution is 9.10. The minimum absolute atomic E-state index is 0.290. The predicted molar refractivity (Wildman–Crippen MR) is 55.3 cm³/mol. The van der Waals surface area contributed by atoms with E-state index in [0.29, 0.717) is 10.2 Å². The molecule has 14 heavy (non-hydrogen) atoms. The number of hydrogen-bond donors (Lipinski definition) is 2. The Hall–Kier alpha value is -0.880. The van der Waals surface area contributed by atoms with Gasteiger partial charge < -0.3 is 10.1 Å². The third-order valence-corrected chi connectivity index (χ3v) is 2.63. The summed E-state index contributed by atoms with van der Waals surface area (Å²) in [6, 6.07) is 0. The quantitative estimate of drug-likeness (QED) is 0.785. The topological polar surface area (TPSA) is 67.0 Å². The number of nitrogens with one attached hydrogen (secondary N) is 2. The molecule has 0 aliphatic carbocycles. The molecule has 1 aromatic rings. The van der Waals surface area contributed by atoms with Crippen LogP contribution in [-0.4, -0.2) is 36.9 Å². The zero-order valence-corrected chi connectivity index (χ0v) is 9.64. The van der Waals surface area contributed by atoms with Crippen molar-refractivity contribution in [2.45, 2.75) is 6.42 Å². The van der Waals surface area contributed by atoms with Gasteiger partial charge in [-0.25, -0.2) is 4.79 Å². The molecule has 0 fully saturated rings. The third kappa shape index (κ3) is 2.33. The maximum absolute atomic E-state index is 11.2. The summed E-state index contributed by atoms with van der Waals surface area (Å²) in [6.07, 6.45) is 0.779. The van der Waals surface area contributed by atoms with Crippen LogP contribution in [0.4, 0.5) is 0 Å². The molecule has 0 amide bonds. The summed E-state index contributed by atoms with van der Waals surface area (Å²) in [4.78, 5) is 11.2. The van der Waals surface area contributed by atoms with Crippen molar-refractivity contribution in [3.8, 4) is 0 Å². The first-order valence-electron chi connectivity index (χ1n) is 4.16. The number of likely N-dealkylation sites (N-methyl/N-ethyl adjacent to an activating group) is 1. The monoisotopic (exact) mass is 261 g/mol. The highest BCUT2D eigenvalue weighted by atomic mass is 79.9. The number of rotatable bonds is 4. The number of hydrogen-bond acceptors (Lipinski definition) is 4. The van der Waals surface area contributed by atoms with Gasteiger partial charge in [0.25, 0.3) is 0 Å². The van der Waals surface area contributed by atoms with E-state index in [9.17, 15) is 4.79 Å². The smallest absolute Gasteiger partial charge is 0.359 e. The molecular formula is C8H12BrN3O2. The molecule has 1 aromatic heterocycles. The van der Waals surface area contributed by atoms with Crippen LogP contribution in [0.1, 0.15) is 16.2 Å². The fraction of sp³-hybridized carbons (Fsp3) is 0.500. The molecule has 0 saturated carbocycles. The minimum atomic E-state index is -0.441. The van der Waals surface area contributed by atoms with Crippen LogP contribution < -0.4 is 5.32 Å². The SMILES string of the molecule is CNCCc1[nH]nc(C(=O)OC)c1Br. The van der Waals surface area contributed by atoms with Gasteiger partial charge in [0, 0.05) is 13.0 Å². The lowest BCUT2D eigenvalue weighted by Crippen LogP contribution is -2.10. The Balaban J connectivity index is 2.80. The van der Waals surface area contributed by atoms with E-state index < -0.39 is 5.97 Å². The van der Waals surface area contributed by atoms with Gasteiger partial charge in [-0.2, -0.15) is 5.10 Å². The lowest BCUT2D eigenvalue weighted by molar-refractivity contribution is 0.0593. The van der Waals surface area contributed by atoms with Gasteiger partial charge in [0.15, 0.2) is 5.69 Å². The number of nitrogens with zero attached hydrogens (tertiary/aromatic N) is 1. The van der Waals surface area contributed by atoms with Crippen LogP contribution in [0.5, 0.6) is 0 Å². The van der Waals surface area contributed by atoms with E-state index >= 15 is 0 Å². The van der Waals surface area contributed by atoms with Crippen molar-refractivity contribution in [1.29, 1.82) is 0 Å². The number of halogens is 1. The van der Waals surface area contributed by atoms with E-state index in [1.807, 2.05) is 7.05 Å². The summed E-state index contributed by atoms with van der Waals surface area (Å²) in [7, 11) is 3.20. The zero-order valence-electron chi connectivity index (χ0n) is 8.06. The second-order valence-electron chi connectivity index (χ2n) is 2.71. The summed E-state index contributed by atoms with van der Waals surface area (Å²) < 4.78 is 5.25. The van der Waals surface area contributed by atoms with Crippen LogP contribution in [-0.2, 0) is 11.2 Å². The molecule has 0 aliphatic heterocycles. The van der Waals surface area contributed by atoms with Crippen molar-refractivity contribution in [1.82, 2.24) is 15.5 Å². The average Bonchev–Trinajstić information content (AvgIpc) is 2.56. The number of aromatic nitrogens is 2. The molecule has 2 N–H and O–H groups in total. The van der Waals surface area contributed by atoms with Gasteiger partial charge in [-0.3, -0.25) is 5.10 Å². The Bertz CT molecular complexity index is 324. The van der Waals surface area contributed by atoms with Crippen molar-refractivity contribution < 1.29 is 9.53 Å². The first kappa shape index (κ1) is 11.2. The first-order chi connectivity index (χ1) is 6.70. The van der Waals surface area contributed by atoms with Crippen LogP contribution in [0.25, 0.3) is 0 Å². The van der Waals surface area contributed by atoms with Gasteiger partial charge in [0.1, 0.15) is 0 Å². The summed E-state index contributed by atoms with van der Waals surface area (Å²) in [5.74, 6) is -0.441. The van der Waals surface area contributed by atoms with E-state index in [0.717, 1.165) is 18.7 Å². The molecular weight excluding hydrogens is 250 g/mol. The largest absolute Gasteiger partial charge is 0.464 e. The number of carbonyl (C=O) groups is 1. The molecule has 1 rings (SSSR count). The van der Waals surface area contributed by atoms with Gasteiger partial charge in [-0.15, -0.1) is 0 Å². The summed E-state index contributed by atoms with van der Waals surface area (Å²) >= 11 is 3.30. The number of ether oxygens (including phenoxy) is 1. The highest BCUT2D eigenvalue weighted by Crippen LogP contribution is 2.19. The van der Waals surface area contributed by atoms with Gasteiger partial charge >= 0.3 is 5.97 Å².